The molecular formula is C12H7Cl3N2O. The van der Waals surface area contributed by atoms with Gasteiger partial charge < -0.3 is 5.32 Å². The van der Waals surface area contributed by atoms with Crippen molar-refractivity contribution in [2.75, 3.05) is 5.32 Å². The van der Waals surface area contributed by atoms with Gasteiger partial charge in [-0.15, -0.1) is 0 Å². The van der Waals surface area contributed by atoms with Gasteiger partial charge in [-0.25, -0.2) is 4.98 Å². The minimum Gasteiger partial charge on any atom is -0.319 e. The summed E-state index contributed by atoms with van der Waals surface area (Å²) in [4.78, 5) is 15.8. The first-order valence-electron chi connectivity index (χ1n) is 4.95. The first-order valence-corrected chi connectivity index (χ1v) is 6.08. The van der Waals surface area contributed by atoms with Crippen LogP contribution in [-0.2, 0) is 0 Å². The molecule has 1 N–H and O–H groups in total. The molecule has 2 rings (SSSR count). The number of anilines is 1. The van der Waals surface area contributed by atoms with Gasteiger partial charge in [0.25, 0.3) is 5.91 Å². The summed E-state index contributed by atoms with van der Waals surface area (Å²) < 4.78 is 0. The second-order valence-corrected chi connectivity index (χ2v) is 4.62. The Labute approximate surface area is 119 Å². The van der Waals surface area contributed by atoms with E-state index in [0.717, 1.165) is 0 Å². The topological polar surface area (TPSA) is 42.0 Å². The summed E-state index contributed by atoms with van der Waals surface area (Å²) in [7, 11) is 0. The Bertz CT molecular complexity index is 581. The standard InChI is InChI=1S/C12H7Cl3N2O/c13-8-2-1-3-9(14)11(8)17-12(18)7-4-5-16-10(15)6-7/h1-6H,(H,17,18). The smallest absolute Gasteiger partial charge is 0.255 e. The van der Waals surface area contributed by atoms with Crippen LogP contribution in [-0.4, -0.2) is 10.9 Å². The van der Waals surface area contributed by atoms with Gasteiger partial charge in [-0.05, 0) is 24.3 Å². The molecule has 18 heavy (non-hydrogen) atoms. The molecule has 0 bridgehead atoms. The molecule has 0 unspecified atom stereocenters. The molecule has 1 aromatic carbocycles. The average Bonchev–Trinajstić information content (AvgIpc) is 2.34. The molecule has 1 aromatic heterocycles. The van der Waals surface area contributed by atoms with Crippen LogP contribution in [0.4, 0.5) is 5.69 Å². The van der Waals surface area contributed by atoms with Crippen molar-refractivity contribution >= 4 is 46.4 Å². The molecule has 2 aromatic rings. The molecular weight excluding hydrogens is 295 g/mol. The normalized spacial score (nSPS) is 10.2. The van der Waals surface area contributed by atoms with Gasteiger partial charge in [0.15, 0.2) is 0 Å². The molecule has 0 atom stereocenters. The molecule has 3 nitrogen and oxygen atoms in total. The Balaban J connectivity index is 2.27. The number of hydrogen-bond donors (Lipinski definition) is 1. The van der Waals surface area contributed by atoms with Crippen LogP contribution in [0.5, 0.6) is 0 Å². The Morgan fingerprint density at radius 2 is 1.78 bits per heavy atom. The molecule has 1 amide bonds. The summed E-state index contributed by atoms with van der Waals surface area (Å²) in [5.41, 5.74) is 0.754. The highest BCUT2D eigenvalue weighted by atomic mass is 35.5. The number of aromatic nitrogens is 1. The van der Waals surface area contributed by atoms with Gasteiger partial charge in [0, 0.05) is 11.8 Å². The van der Waals surface area contributed by atoms with E-state index in [1.165, 1.54) is 12.3 Å². The molecule has 0 spiro atoms. The average molecular weight is 302 g/mol. The Morgan fingerprint density at radius 1 is 1.11 bits per heavy atom. The van der Waals surface area contributed by atoms with Crippen molar-refractivity contribution < 1.29 is 4.79 Å². The van der Waals surface area contributed by atoms with E-state index in [1.807, 2.05) is 0 Å². The number of pyridine rings is 1. The van der Waals surface area contributed by atoms with E-state index in [9.17, 15) is 4.79 Å². The highest BCUT2D eigenvalue weighted by molar-refractivity contribution is 6.40. The van der Waals surface area contributed by atoms with E-state index in [1.54, 1.807) is 24.3 Å². The third-order valence-electron chi connectivity index (χ3n) is 2.19. The van der Waals surface area contributed by atoms with Crippen molar-refractivity contribution in [3.8, 4) is 0 Å². The third-order valence-corrected chi connectivity index (χ3v) is 3.03. The monoisotopic (exact) mass is 300 g/mol. The maximum absolute atomic E-state index is 12.0. The van der Waals surface area contributed by atoms with Crippen molar-refractivity contribution in [2.45, 2.75) is 0 Å². The van der Waals surface area contributed by atoms with Crippen LogP contribution in [0.1, 0.15) is 10.4 Å². The summed E-state index contributed by atoms with van der Waals surface area (Å²) in [6.07, 6.45) is 1.45. The largest absolute Gasteiger partial charge is 0.319 e. The van der Waals surface area contributed by atoms with E-state index >= 15 is 0 Å². The van der Waals surface area contributed by atoms with Crippen LogP contribution in [0.25, 0.3) is 0 Å². The lowest BCUT2D eigenvalue weighted by molar-refractivity contribution is 0.102. The number of nitrogens with one attached hydrogen (secondary N) is 1. The first kappa shape index (κ1) is 13.1. The lowest BCUT2D eigenvalue weighted by atomic mass is 10.2. The first-order chi connectivity index (χ1) is 8.58. The van der Waals surface area contributed by atoms with Crippen LogP contribution < -0.4 is 5.32 Å². The van der Waals surface area contributed by atoms with Gasteiger partial charge in [-0.2, -0.15) is 0 Å². The fourth-order valence-electron chi connectivity index (χ4n) is 1.35. The van der Waals surface area contributed by atoms with Crippen molar-refractivity contribution in [1.29, 1.82) is 0 Å². The van der Waals surface area contributed by atoms with E-state index in [-0.39, 0.29) is 11.1 Å². The van der Waals surface area contributed by atoms with E-state index in [0.29, 0.717) is 21.3 Å². The van der Waals surface area contributed by atoms with Crippen LogP contribution in [0.15, 0.2) is 36.5 Å². The van der Waals surface area contributed by atoms with Crippen LogP contribution in [0.2, 0.25) is 15.2 Å². The van der Waals surface area contributed by atoms with Gasteiger partial charge >= 0.3 is 0 Å². The molecule has 0 aliphatic rings. The summed E-state index contributed by atoms with van der Waals surface area (Å²) in [6, 6.07) is 7.99. The van der Waals surface area contributed by atoms with Crippen molar-refractivity contribution in [2.24, 2.45) is 0 Å². The summed E-state index contributed by atoms with van der Waals surface area (Å²) in [5, 5.41) is 3.62. The van der Waals surface area contributed by atoms with Crippen molar-refractivity contribution in [3.05, 3.63) is 57.3 Å². The van der Waals surface area contributed by atoms with Crippen LogP contribution in [0, 0.1) is 0 Å². The van der Waals surface area contributed by atoms with Gasteiger partial charge in [-0.1, -0.05) is 40.9 Å². The lowest BCUT2D eigenvalue weighted by Gasteiger charge is -2.08. The van der Waals surface area contributed by atoms with Crippen LogP contribution in [0.3, 0.4) is 0 Å². The number of benzene rings is 1. The number of carbonyl (C=O) groups excluding carboxylic acids is 1. The number of amides is 1. The fourth-order valence-corrected chi connectivity index (χ4v) is 2.01. The van der Waals surface area contributed by atoms with Gasteiger partial charge in [0.1, 0.15) is 5.15 Å². The highest BCUT2D eigenvalue weighted by Gasteiger charge is 2.11. The summed E-state index contributed by atoms with van der Waals surface area (Å²) >= 11 is 17.6. The third kappa shape index (κ3) is 2.93. The number of carbonyl (C=O) groups is 1. The minimum absolute atomic E-state index is 0.243. The zero-order valence-electron chi connectivity index (χ0n) is 8.95. The van der Waals surface area contributed by atoms with E-state index in [2.05, 4.69) is 10.3 Å². The fraction of sp³-hybridized carbons (Fsp3) is 0. The maximum Gasteiger partial charge on any atom is 0.255 e. The molecule has 0 saturated carbocycles. The zero-order valence-corrected chi connectivity index (χ0v) is 11.2. The lowest BCUT2D eigenvalue weighted by Crippen LogP contribution is -2.12. The quantitative estimate of drug-likeness (QED) is 0.841. The second kappa shape index (κ2) is 5.57. The maximum atomic E-state index is 12.0. The van der Waals surface area contributed by atoms with Crippen molar-refractivity contribution in [3.63, 3.8) is 0 Å². The van der Waals surface area contributed by atoms with Crippen molar-refractivity contribution in [1.82, 2.24) is 4.98 Å². The molecule has 6 heteroatoms. The van der Waals surface area contributed by atoms with Gasteiger partial charge in [0.2, 0.25) is 0 Å². The molecule has 0 aliphatic heterocycles. The number of para-hydroxylation sites is 1. The summed E-state index contributed by atoms with van der Waals surface area (Å²) in [5.74, 6) is -0.352. The van der Waals surface area contributed by atoms with E-state index in [4.69, 9.17) is 34.8 Å². The molecule has 0 fully saturated rings. The zero-order chi connectivity index (χ0) is 13.1. The molecule has 0 aliphatic carbocycles. The number of rotatable bonds is 2. The molecule has 0 radical (unpaired) electrons. The number of halogens is 3. The van der Waals surface area contributed by atoms with Gasteiger partial charge in [-0.3, -0.25) is 4.79 Å². The Morgan fingerprint density at radius 3 is 2.39 bits per heavy atom. The van der Waals surface area contributed by atoms with E-state index < -0.39 is 0 Å². The molecule has 0 saturated heterocycles. The Kier molecular flexibility index (Phi) is 4.07. The Hall–Kier alpha value is -1.29. The second-order valence-electron chi connectivity index (χ2n) is 3.42. The van der Waals surface area contributed by atoms with Crippen LogP contribution >= 0.6 is 34.8 Å². The summed E-state index contributed by atoms with van der Waals surface area (Å²) in [6.45, 7) is 0. The number of nitrogens with zero attached hydrogens (tertiary/aromatic N) is 1. The SMILES string of the molecule is O=C(Nc1c(Cl)cccc1Cl)c1ccnc(Cl)c1. The number of hydrogen-bond acceptors (Lipinski definition) is 2. The van der Waals surface area contributed by atoms with Gasteiger partial charge in [0.05, 0.1) is 15.7 Å². The highest BCUT2D eigenvalue weighted by Crippen LogP contribution is 2.30. The molecule has 92 valence electrons. The predicted octanol–water partition coefficient (Wildman–Crippen LogP) is 4.29. The minimum atomic E-state index is -0.352. The molecule has 1 heterocycles. The predicted molar refractivity (Wildman–Crippen MR) is 73.7 cm³/mol.